The third-order valence-corrected chi connectivity index (χ3v) is 7.45. The van der Waals surface area contributed by atoms with E-state index < -0.39 is 0 Å². The van der Waals surface area contributed by atoms with Crippen LogP contribution in [0.15, 0.2) is 24.3 Å². The second kappa shape index (κ2) is 11.1. The van der Waals surface area contributed by atoms with Gasteiger partial charge in [0.2, 0.25) is 5.91 Å². The number of thiophene rings is 1. The molecule has 0 aliphatic carbocycles. The minimum Gasteiger partial charge on any atom is -0.494 e. The maximum atomic E-state index is 11.8. The highest BCUT2D eigenvalue weighted by atomic mass is 32.1. The quantitative estimate of drug-likeness (QED) is 0.301. The molecule has 8 nitrogen and oxygen atoms in total. The molecule has 0 saturated heterocycles. The van der Waals surface area contributed by atoms with Gasteiger partial charge in [-0.1, -0.05) is 34.1 Å². The Morgan fingerprint density at radius 3 is 2.61 bits per heavy atom. The van der Waals surface area contributed by atoms with E-state index in [0.717, 1.165) is 34.4 Å². The Kier molecular flexibility index (Phi) is 8.06. The third-order valence-electron chi connectivity index (χ3n) is 6.36. The fourth-order valence-corrected chi connectivity index (χ4v) is 5.58. The van der Waals surface area contributed by atoms with Crippen molar-refractivity contribution in [1.29, 1.82) is 0 Å². The average Bonchev–Trinajstić information content (AvgIpc) is 3.55. The molecular weight excluding hydrogens is 496 g/mol. The van der Waals surface area contributed by atoms with Crippen molar-refractivity contribution in [2.75, 3.05) is 30.4 Å². The molecule has 0 bridgehead atoms. The van der Waals surface area contributed by atoms with Crippen molar-refractivity contribution in [1.82, 2.24) is 19.8 Å². The number of benzene rings is 1. The topological polar surface area (TPSA) is 84.7 Å². The van der Waals surface area contributed by atoms with Crippen LogP contribution in [0.25, 0.3) is 23.1 Å². The summed E-state index contributed by atoms with van der Waals surface area (Å²) in [4.78, 5) is 20.3. The van der Waals surface area contributed by atoms with Gasteiger partial charge < -0.3 is 15.0 Å². The summed E-state index contributed by atoms with van der Waals surface area (Å²) >= 11 is 1.79. The minimum atomic E-state index is -0.190. The highest BCUT2D eigenvalue weighted by Gasteiger charge is 2.25. The van der Waals surface area contributed by atoms with Crippen molar-refractivity contribution in [3.8, 4) is 17.1 Å². The van der Waals surface area contributed by atoms with Crippen LogP contribution in [0.3, 0.4) is 0 Å². The number of methoxy groups -OCH3 is 1. The van der Waals surface area contributed by atoms with Crippen molar-refractivity contribution in [3.63, 3.8) is 0 Å². The van der Waals surface area contributed by atoms with Crippen LogP contribution in [-0.4, -0.2) is 45.9 Å². The van der Waals surface area contributed by atoms with Gasteiger partial charge in [-0.15, -0.1) is 21.1 Å². The van der Waals surface area contributed by atoms with E-state index in [1.54, 1.807) is 23.1 Å². The van der Waals surface area contributed by atoms with E-state index in [-0.39, 0.29) is 11.3 Å². The number of rotatable bonds is 9. The first-order valence-corrected chi connectivity index (χ1v) is 14.0. The second-order valence-electron chi connectivity index (χ2n) is 10.6. The predicted octanol–water partition coefficient (Wildman–Crippen LogP) is 5.60. The molecule has 0 aliphatic rings. The maximum Gasteiger partial charge on any atom is 0.221 e. The molecule has 9 heteroatoms. The number of hydrogen-bond acceptors (Lipinski definition) is 7. The molecule has 1 amide bonds. The molecule has 202 valence electrons. The van der Waals surface area contributed by atoms with Gasteiger partial charge in [-0.25, -0.2) is 4.98 Å². The molecule has 1 aromatic carbocycles. The standard InChI is InChI=1S/C29H38N6O2S/c1-9-11-14-34(10-2)24-13-12-20(38-24)17-22-26(29(5,6)7)32-35-28(22)31-27(33-35)21-15-18(3)16-23(25(21)37-8)30-19(4)36/h12-13,15-17H,9-11,14H2,1-8H3,(H,30,36)/b22-17-. The van der Waals surface area contributed by atoms with Gasteiger partial charge in [-0.2, -0.15) is 5.10 Å². The summed E-state index contributed by atoms with van der Waals surface area (Å²) in [6, 6.07) is 8.22. The van der Waals surface area contributed by atoms with E-state index in [1.165, 1.54) is 24.8 Å². The van der Waals surface area contributed by atoms with Gasteiger partial charge in [0.25, 0.3) is 0 Å². The number of ether oxygens (including phenoxy) is 1. The smallest absolute Gasteiger partial charge is 0.221 e. The lowest BCUT2D eigenvalue weighted by Gasteiger charge is -2.20. The molecule has 4 aromatic rings. The number of anilines is 2. The number of carbonyl (C=O) groups is 1. The van der Waals surface area contributed by atoms with Crippen LogP contribution in [-0.2, 0) is 10.2 Å². The lowest BCUT2D eigenvalue weighted by Crippen LogP contribution is -2.22. The average molecular weight is 535 g/mol. The van der Waals surface area contributed by atoms with Gasteiger partial charge >= 0.3 is 0 Å². The molecule has 0 spiro atoms. The lowest BCUT2D eigenvalue weighted by molar-refractivity contribution is -0.114. The molecule has 0 fully saturated rings. The van der Waals surface area contributed by atoms with Gasteiger partial charge in [0.1, 0.15) is 0 Å². The third kappa shape index (κ3) is 5.67. The predicted molar refractivity (Wildman–Crippen MR) is 156 cm³/mol. The first-order valence-electron chi connectivity index (χ1n) is 13.2. The summed E-state index contributed by atoms with van der Waals surface area (Å²) in [5.41, 5.74) is 3.71. The largest absolute Gasteiger partial charge is 0.494 e. The van der Waals surface area contributed by atoms with Gasteiger partial charge in [-0.3, -0.25) is 4.79 Å². The number of nitrogens with one attached hydrogen (secondary N) is 1. The molecule has 3 aromatic heterocycles. The minimum absolute atomic E-state index is 0.170. The summed E-state index contributed by atoms with van der Waals surface area (Å²) in [6.07, 6.45) is 4.54. The zero-order chi connectivity index (χ0) is 27.6. The van der Waals surface area contributed by atoms with E-state index in [1.807, 2.05) is 19.1 Å². The van der Waals surface area contributed by atoms with Crippen molar-refractivity contribution in [2.45, 2.75) is 66.7 Å². The van der Waals surface area contributed by atoms with Gasteiger partial charge in [0, 0.05) is 35.5 Å². The van der Waals surface area contributed by atoms with Crippen LogP contribution in [0.5, 0.6) is 5.75 Å². The number of aryl methyl sites for hydroxylation is 1. The number of amides is 1. The molecule has 0 radical (unpaired) electrons. The fraction of sp³-hybridized carbons (Fsp3) is 0.448. The molecule has 3 heterocycles. The molecular formula is C29H38N6O2S. The van der Waals surface area contributed by atoms with Crippen molar-refractivity contribution in [3.05, 3.63) is 45.6 Å². The van der Waals surface area contributed by atoms with E-state index in [4.69, 9.17) is 19.9 Å². The van der Waals surface area contributed by atoms with Gasteiger partial charge in [0.15, 0.2) is 17.2 Å². The Balaban J connectivity index is 1.86. The Morgan fingerprint density at radius 1 is 1.21 bits per heavy atom. The SMILES string of the molecule is CCCCN(CC)c1ccc(/C=c2/c(C(C)(C)C)nn3nc(-c4cc(C)cc(NC(C)=O)c4OC)nc23)s1. The highest BCUT2D eigenvalue weighted by molar-refractivity contribution is 7.16. The Hall–Kier alpha value is -3.46. The molecule has 0 atom stereocenters. The van der Waals surface area contributed by atoms with Gasteiger partial charge in [-0.05, 0) is 56.2 Å². The number of unbranched alkanes of at least 4 members (excludes halogenated alkanes) is 1. The van der Waals surface area contributed by atoms with E-state index in [9.17, 15) is 4.79 Å². The van der Waals surface area contributed by atoms with E-state index in [0.29, 0.717) is 28.5 Å². The van der Waals surface area contributed by atoms with Crippen LogP contribution in [0.4, 0.5) is 10.7 Å². The Labute approximate surface area is 228 Å². The maximum absolute atomic E-state index is 11.8. The number of carbonyl (C=O) groups excluding carboxylic acids is 1. The zero-order valence-corrected chi connectivity index (χ0v) is 24.5. The van der Waals surface area contributed by atoms with Crippen molar-refractivity contribution < 1.29 is 9.53 Å². The van der Waals surface area contributed by atoms with Crippen LogP contribution in [0, 0.1) is 6.92 Å². The fourth-order valence-electron chi connectivity index (χ4n) is 4.54. The summed E-state index contributed by atoms with van der Waals surface area (Å²) < 4.78 is 7.31. The van der Waals surface area contributed by atoms with Gasteiger partial charge in [0.05, 0.1) is 29.1 Å². The number of aromatic nitrogens is 4. The summed E-state index contributed by atoms with van der Waals surface area (Å²) in [5, 5.41) is 14.7. The first kappa shape index (κ1) is 27.6. The molecule has 0 saturated carbocycles. The highest BCUT2D eigenvalue weighted by Crippen LogP contribution is 2.36. The van der Waals surface area contributed by atoms with E-state index in [2.05, 4.69) is 63.0 Å². The lowest BCUT2D eigenvalue weighted by atomic mass is 9.91. The first-order chi connectivity index (χ1) is 18.0. The van der Waals surface area contributed by atoms with Crippen LogP contribution in [0.2, 0.25) is 0 Å². The summed E-state index contributed by atoms with van der Waals surface area (Å²) in [5.74, 6) is 0.852. The number of fused-ring (bicyclic) bond motifs is 1. The van der Waals surface area contributed by atoms with Crippen LogP contribution in [0.1, 0.15) is 70.5 Å². The van der Waals surface area contributed by atoms with Crippen molar-refractivity contribution in [2.24, 2.45) is 0 Å². The van der Waals surface area contributed by atoms with Crippen molar-refractivity contribution >= 4 is 39.7 Å². The molecule has 0 aliphatic heterocycles. The molecule has 38 heavy (non-hydrogen) atoms. The molecule has 0 unspecified atom stereocenters. The van der Waals surface area contributed by atoms with E-state index >= 15 is 0 Å². The molecule has 4 rings (SSSR count). The second-order valence-corrected chi connectivity index (χ2v) is 11.7. The Morgan fingerprint density at radius 2 is 1.97 bits per heavy atom. The summed E-state index contributed by atoms with van der Waals surface area (Å²) in [7, 11) is 1.58. The number of hydrogen-bond donors (Lipinski definition) is 1. The van der Waals surface area contributed by atoms with Crippen LogP contribution >= 0.6 is 11.3 Å². The number of nitrogens with zero attached hydrogens (tertiary/aromatic N) is 5. The monoisotopic (exact) mass is 534 g/mol. The summed E-state index contributed by atoms with van der Waals surface area (Å²) in [6.45, 7) is 16.4. The molecule has 1 N–H and O–H groups in total. The van der Waals surface area contributed by atoms with Crippen LogP contribution < -0.4 is 20.2 Å². The zero-order valence-electron chi connectivity index (χ0n) is 23.7. The normalized spacial score (nSPS) is 12.4. The Bertz CT molecular complexity index is 1500.